The Hall–Kier alpha value is -1.82. The molecule has 17 heavy (non-hydrogen) atoms. The number of allylic oxidation sites excluding steroid dienone is 1. The molecule has 84 valence electrons. The van der Waals surface area contributed by atoms with Gasteiger partial charge in [-0.2, -0.15) is 0 Å². The van der Waals surface area contributed by atoms with Crippen LogP contribution in [0, 0.1) is 0 Å². The fourth-order valence-electron chi connectivity index (χ4n) is 2.52. The summed E-state index contributed by atoms with van der Waals surface area (Å²) in [4.78, 5) is 0. The average Bonchev–Trinajstić information content (AvgIpc) is 2.74. The van der Waals surface area contributed by atoms with Gasteiger partial charge in [-0.1, -0.05) is 61.5 Å². The Morgan fingerprint density at radius 3 is 2.71 bits per heavy atom. The highest BCUT2D eigenvalue weighted by molar-refractivity contribution is 5.78. The minimum Gasteiger partial charge on any atom is -0.0842 e. The lowest BCUT2D eigenvalue weighted by Gasteiger charge is -2.01. The maximum Gasteiger partial charge on any atom is -0.00132 e. The summed E-state index contributed by atoms with van der Waals surface area (Å²) in [5.41, 5.74) is 7.06. The topological polar surface area (TPSA) is 0 Å². The molecule has 0 bridgehead atoms. The van der Waals surface area contributed by atoms with Crippen molar-refractivity contribution in [3.8, 4) is 11.1 Å². The molecule has 0 spiro atoms. The summed E-state index contributed by atoms with van der Waals surface area (Å²) in [5, 5.41) is 0. The molecule has 0 fully saturated rings. The molecule has 0 saturated heterocycles. The van der Waals surface area contributed by atoms with Crippen LogP contribution in [0.15, 0.2) is 48.5 Å². The standard InChI is InChI=1S/C17H16/c1-2-3-6-13-9-10-17-15(11-13)12-14-7-4-5-8-16(14)17/h3-11H,2,12H2,1H3/b6-3+. The molecule has 0 aliphatic heterocycles. The van der Waals surface area contributed by atoms with Gasteiger partial charge in [-0.25, -0.2) is 0 Å². The van der Waals surface area contributed by atoms with E-state index in [1.807, 2.05) is 0 Å². The molecule has 2 aromatic rings. The van der Waals surface area contributed by atoms with Gasteiger partial charge >= 0.3 is 0 Å². The largest absolute Gasteiger partial charge is 0.0842 e. The van der Waals surface area contributed by atoms with Gasteiger partial charge in [-0.05, 0) is 40.7 Å². The number of rotatable bonds is 2. The zero-order valence-electron chi connectivity index (χ0n) is 10.1. The quantitative estimate of drug-likeness (QED) is 0.588. The number of hydrogen-bond acceptors (Lipinski definition) is 0. The van der Waals surface area contributed by atoms with E-state index in [2.05, 4.69) is 61.5 Å². The summed E-state index contributed by atoms with van der Waals surface area (Å²) in [6.07, 6.45) is 6.60. The average molecular weight is 220 g/mol. The van der Waals surface area contributed by atoms with E-state index < -0.39 is 0 Å². The molecule has 1 aliphatic carbocycles. The molecule has 0 radical (unpaired) electrons. The van der Waals surface area contributed by atoms with Crippen LogP contribution in [0.25, 0.3) is 17.2 Å². The van der Waals surface area contributed by atoms with E-state index >= 15 is 0 Å². The SMILES string of the molecule is CC/C=C/c1ccc2c(c1)Cc1ccccc1-2. The molecule has 0 heteroatoms. The third-order valence-corrected chi connectivity index (χ3v) is 3.36. The zero-order chi connectivity index (χ0) is 11.7. The molecule has 0 nitrogen and oxygen atoms in total. The molecule has 3 rings (SSSR count). The van der Waals surface area contributed by atoms with Gasteiger partial charge in [0.1, 0.15) is 0 Å². The highest BCUT2D eigenvalue weighted by Gasteiger charge is 2.17. The molecular weight excluding hydrogens is 204 g/mol. The van der Waals surface area contributed by atoms with Crippen molar-refractivity contribution in [2.75, 3.05) is 0 Å². The van der Waals surface area contributed by atoms with E-state index in [9.17, 15) is 0 Å². The summed E-state index contributed by atoms with van der Waals surface area (Å²) in [6, 6.07) is 15.5. The predicted molar refractivity (Wildman–Crippen MR) is 74.0 cm³/mol. The molecule has 0 heterocycles. The van der Waals surface area contributed by atoms with Gasteiger partial charge in [0.15, 0.2) is 0 Å². The Bertz CT molecular complexity index is 576. The van der Waals surface area contributed by atoms with Crippen LogP contribution in [0.4, 0.5) is 0 Å². The van der Waals surface area contributed by atoms with Gasteiger partial charge in [0.2, 0.25) is 0 Å². The first-order valence-electron chi connectivity index (χ1n) is 6.26. The Morgan fingerprint density at radius 2 is 1.82 bits per heavy atom. The summed E-state index contributed by atoms with van der Waals surface area (Å²) in [5.74, 6) is 0. The molecule has 0 N–H and O–H groups in total. The molecule has 0 aromatic heterocycles. The first kappa shape index (κ1) is 10.3. The van der Waals surface area contributed by atoms with Crippen molar-refractivity contribution in [3.05, 3.63) is 65.2 Å². The van der Waals surface area contributed by atoms with E-state index in [0.29, 0.717) is 0 Å². The van der Waals surface area contributed by atoms with Crippen molar-refractivity contribution < 1.29 is 0 Å². The zero-order valence-corrected chi connectivity index (χ0v) is 10.1. The van der Waals surface area contributed by atoms with Gasteiger partial charge in [0, 0.05) is 0 Å². The number of hydrogen-bond donors (Lipinski definition) is 0. The second-order valence-corrected chi connectivity index (χ2v) is 4.56. The molecule has 0 atom stereocenters. The van der Waals surface area contributed by atoms with E-state index in [4.69, 9.17) is 0 Å². The van der Waals surface area contributed by atoms with Crippen molar-refractivity contribution in [2.45, 2.75) is 19.8 Å². The Kier molecular flexibility index (Phi) is 2.56. The van der Waals surface area contributed by atoms with Crippen LogP contribution < -0.4 is 0 Å². The third kappa shape index (κ3) is 1.80. The van der Waals surface area contributed by atoms with Crippen LogP contribution in [0.2, 0.25) is 0 Å². The highest BCUT2D eigenvalue weighted by Crippen LogP contribution is 2.36. The predicted octanol–water partition coefficient (Wildman–Crippen LogP) is 4.68. The molecule has 0 saturated carbocycles. The van der Waals surface area contributed by atoms with Crippen LogP contribution >= 0.6 is 0 Å². The van der Waals surface area contributed by atoms with E-state index in [1.165, 1.54) is 27.8 Å². The maximum atomic E-state index is 2.32. The summed E-state index contributed by atoms with van der Waals surface area (Å²) in [6.45, 7) is 2.17. The van der Waals surface area contributed by atoms with Gasteiger partial charge in [-0.15, -0.1) is 0 Å². The van der Waals surface area contributed by atoms with Gasteiger partial charge in [0.05, 0.1) is 0 Å². The lowest BCUT2D eigenvalue weighted by molar-refractivity contribution is 1.23. The normalized spacial score (nSPS) is 12.8. The second-order valence-electron chi connectivity index (χ2n) is 4.56. The summed E-state index contributed by atoms with van der Waals surface area (Å²) >= 11 is 0. The van der Waals surface area contributed by atoms with Crippen molar-refractivity contribution in [1.82, 2.24) is 0 Å². The fourth-order valence-corrected chi connectivity index (χ4v) is 2.52. The summed E-state index contributed by atoms with van der Waals surface area (Å²) < 4.78 is 0. The number of fused-ring (bicyclic) bond motifs is 3. The van der Waals surface area contributed by atoms with Crippen LogP contribution in [-0.4, -0.2) is 0 Å². The monoisotopic (exact) mass is 220 g/mol. The minimum atomic E-state index is 1.08. The molecule has 2 aromatic carbocycles. The third-order valence-electron chi connectivity index (χ3n) is 3.36. The van der Waals surface area contributed by atoms with Crippen molar-refractivity contribution >= 4 is 6.08 Å². The van der Waals surface area contributed by atoms with Gasteiger partial charge < -0.3 is 0 Å². The first-order chi connectivity index (χ1) is 8.38. The van der Waals surface area contributed by atoms with Crippen LogP contribution in [0.1, 0.15) is 30.0 Å². The second kappa shape index (κ2) is 4.21. The highest BCUT2D eigenvalue weighted by atomic mass is 14.2. The molecule has 1 aliphatic rings. The lowest BCUT2D eigenvalue weighted by Crippen LogP contribution is -1.81. The summed E-state index contributed by atoms with van der Waals surface area (Å²) in [7, 11) is 0. The molecule has 0 unspecified atom stereocenters. The van der Waals surface area contributed by atoms with Gasteiger partial charge in [0.25, 0.3) is 0 Å². The van der Waals surface area contributed by atoms with Crippen molar-refractivity contribution in [2.24, 2.45) is 0 Å². The molecular formula is C17H16. The number of benzene rings is 2. The Labute approximate surface area is 103 Å². The Balaban J connectivity index is 2.04. The maximum absolute atomic E-state index is 2.32. The van der Waals surface area contributed by atoms with Crippen LogP contribution in [-0.2, 0) is 6.42 Å². The molecule has 0 amide bonds. The van der Waals surface area contributed by atoms with E-state index in [1.54, 1.807) is 0 Å². The van der Waals surface area contributed by atoms with E-state index in [0.717, 1.165) is 12.8 Å². The van der Waals surface area contributed by atoms with Gasteiger partial charge in [-0.3, -0.25) is 0 Å². The lowest BCUT2D eigenvalue weighted by atomic mass is 10.0. The van der Waals surface area contributed by atoms with Crippen LogP contribution in [0.5, 0.6) is 0 Å². The first-order valence-corrected chi connectivity index (χ1v) is 6.26. The van der Waals surface area contributed by atoms with Crippen molar-refractivity contribution in [1.29, 1.82) is 0 Å². The van der Waals surface area contributed by atoms with Crippen LogP contribution in [0.3, 0.4) is 0 Å². The minimum absolute atomic E-state index is 1.08. The van der Waals surface area contributed by atoms with Crippen molar-refractivity contribution in [3.63, 3.8) is 0 Å². The Morgan fingerprint density at radius 1 is 1.00 bits per heavy atom. The van der Waals surface area contributed by atoms with E-state index in [-0.39, 0.29) is 0 Å². The fraction of sp³-hybridized carbons (Fsp3) is 0.176. The smallest absolute Gasteiger partial charge is 0.00132 e.